The first-order chi connectivity index (χ1) is 7.85. The Labute approximate surface area is 93.4 Å². The lowest BCUT2D eigenvalue weighted by molar-refractivity contribution is 0.390. The molecule has 0 aliphatic rings. The van der Waals surface area contributed by atoms with E-state index in [-0.39, 0.29) is 6.04 Å². The second kappa shape index (κ2) is 4.76. The summed E-state index contributed by atoms with van der Waals surface area (Å²) in [5.74, 6) is 0.505. The molecule has 5 heteroatoms. The first kappa shape index (κ1) is 10.6. The number of aromatic nitrogens is 2. The van der Waals surface area contributed by atoms with Crippen molar-refractivity contribution in [2.75, 3.05) is 14.2 Å². The van der Waals surface area contributed by atoms with Crippen LogP contribution in [0.1, 0.15) is 17.3 Å². The maximum absolute atomic E-state index is 5.05. The van der Waals surface area contributed by atoms with Gasteiger partial charge in [-0.3, -0.25) is 0 Å². The van der Waals surface area contributed by atoms with Gasteiger partial charge in [0.2, 0.25) is 5.88 Å². The third kappa shape index (κ3) is 2.04. The molecule has 16 heavy (non-hydrogen) atoms. The number of ether oxygens (including phenoxy) is 1. The van der Waals surface area contributed by atoms with E-state index in [4.69, 9.17) is 9.15 Å². The monoisotopic (exact) mass is 219 g/mol. The van der Waals surface area contributed by atoms with Crippen LogP contribution in [-0.4, -0.2) is 24.4 Å². The van der Waals surface area contributed by atoms with Crippen LogP contribution < -0.4 is 10.1 Å². The second-order valence-electron chi connectivity index (χ2n) is 3.28. The summed E-state index contributed by atoms with van der Waals surface area (Å²) in [5, 5.41) is 11.2. The largest absolute Gasteiger partial charge is 0.480 e. The van der Waals surface area contributed by atoms with Gasteiger partial charge < -0.3 is 14.5 Å². The Hall–Kier alpha value is -1.88. The minimum absolute atomic E-state index is 0.0165. The molecule has 0 aromatic carbocycles. The van der Waals surface area contributed by atoms with E-state index in [2.05, 4.69) is 15.5 Å². The van der Waals surface area contributed by atoms with Crippen LogP contribution in [0, 0.1) is 0 Å². The van der Waals surface area contributed by atoms with Crippen molar-refractivity contribution in [1.29, 1.82) is 0 Å². The first-order valence-corrected chi connectivity index (χ1v) is 4.92. The molecule has 0 radical (unpaired) electrons. The van der Waals surface area contributed by atoms with Gasteiger partial charge in [-0.15, -0.1) is 10.2 Å². The molecule has 0 spiro atoms. The predicted molar refractivity (Wildman–Crippen MR) is 58.2 cm³/mol. The van der Waals surface area contributed by atoms with Crippen molar-refractivity contribution in [3.05, 3.63) is 42.0 Å². The maximum atomic E-state index is 5.05. The van der Waals surface area contributed by atoms with Crippen molar-refractivity contribution in [1.82, 2.24) is 15.5 Å². The second-order valence-corrected chi connectivity index (χ2v) is 3.28. The van der Waals surface area contributed by atoms with Crippen LogP contribution in [0.15, 0.2) is 35.1 Å². The van der Waals surface area contributed by atoms with Crippen molar-refractivity contribution in [2.24, 2.45) is 0 Å². The summed E-state index contributed by atoms with van der Waals surface area (Å²) in [4.78, 5) is 0. The summed E-state index contributed by atoms with van der Waals surface area (Å²) in [6.07, 6.45) is 3.32. The number of hydrogen-bond acceptors (Lipinski definition) is 5. The topological polar surface area (TPSA) is 60.2 Å². The predicted octanol–water partition coefficient (Wildman–Crippen LogP) is 1.39. The van der Waals surface area contributed by atoms with Crippen LogP contribution in [0.2, 0.25) is 0 Å². The molecule has 0 saturated carbocycles. The average molecular weight is 219 g/mol. The standard InChI is InChI=1S/C11H13N3O2/c1-12-11(8-5-6-16-7-8)9-3-4-10(15-2)14-13-9/h3-7,11-12H,1-2H3. The highest BCUT2D eigenvalue weighted by molar-refractivity contribution is 5.24. The van der Waals surface area contributed by atoms with E-state index in [0.29, 0.717) is 5.88 Å². The van der Waals surface area contributed by atoms with Gasteiger partial charge in [0.05, 0.1) is 31.4 Å². The SMILES string of the molecule is CNC(c1ccoc1)c1ccc(OC)nn1. The van der Waals surface area contributed by atoms with Crippen LogP contribution in [0.25, 0.3) is 0 Å². The van der Waals surface area contributed by atoms with Gasteiger partial charge >= 0.3 is 0 Å². The van der Waals surface area contributed by atoms with E-state index in [9.17, 15) is 0 Å². The Kier molecular flexibility index (Phi) is 3.16. The Morgan fingerprint density at radius 2 is 2.19 bits per heavy atom. The van der Waals surface area contributed by atoms with E-state index in [1.54, 1.807) is 25.7 Å². The molecule has 0 aliphatic carbocycles. The summed E-state index contributed by atoms with van der Waals surface area (Å²) < 4.78 is 10.0. The van der Waals surface area contributed by atoms with E-state index >= 15 is 0 Å². The number of nitrogens with one attached hydrogen (secondary N) is 1. The van der Waals surface area contributed by atoms with Gasteiger partial charge in [0.25, 0.3) is 0 Å². The number of hydrogen-bond donors (Lipinski definition) is 1. The highest BCUT2D eigenvalue weighted by atomic mass is 16.5. The van der Waals surface area contributed by atoms with Crippen LogP contribution in [-0.2, 0) is 0 Å². The normalized spacial score (nSPS) is 12.4. The van der Waals surface area contributed by atoms with Crippen LogP contribution in [0.3, 0.4) is 0 Å². The van der Waals surface area contributed by atoms with E-state index in [1.807, 2.05) is 19.2 Å². The summed E-state index contributed by atoms with van der Waals surface area (Å²) in [6.45, 7) is 0. The maximum Gasteiger partial charge on any atom is 0.233 e. The quantitative estimate of drug-likeness (QED) is 0.841. The molecule has 0 saturated heterocycles. The summed E-state index contributed by atoms with van der Waals surface area (Å²) >= 11 is 0. The summed E-state index contributed by atoms with van der Waals surface area (Å²) in [7, 11) is 3.43. The molecule has 2 aromatic rings. The van der Waals surface area contributed by atoms with Crippen molar-refractivity contribution in [2.45, 2.75) is 6.04 Å². The number of methoxy groups -OCH3 is 1. The van der Waals surface area contributed by atoms with Gasteiger partial charge in [-0.25, -0.2) is 0 Å². The summed E-state index contributed by atoms with van der Waals surface area (Å²) in [5.41, 5.74) is 1.84. The lowest BCUT2D eigenvalue weighted by atomic mass is 10.1. The van der Waals surface area contributed by atoms with Crippen LogP contribution >= 0.6 is 0 Å². The molecule has 0 fully saturated rings. The highest BCUT2D eigenvalue weighted by Gasteiger charge is 2.14. The lowest BCUT2D eigenvalue weighted by Gasteiger charge is -2.12. The average Bonchev–Trinajstić information content (AvgIpc) is 2.85. The number of rotatable bonds is 4. The third-order valence-electron chi connectivity index (χ3n) is 2.33. The fourth-order valence-corrected chi connectivity index (χ4v) is 1.52. The minimum Gasteiger partial charge on any atom is -0.480 e. The van der Waals surface area contributed by atoms with E-state index < -0.39 is 0 Å². The molecule has 2 heterocycles. The van der Waals surface area contributed by atoms with Gasteiger partial charge in [-0.05, 0) is 19.2 Å². The summed E-state index contributed by atoms with van der Waals surface area (Å²) in [6, 6.07) is 5.54. The molecular weight excluding hydrogens is 206 g/mol. The van der Waals surface area contributed by atoms with Gasteiger partial charge in [0, 0.05) is 11.6 Å². The number of nitrogens with zero attached hydrogens (tertiary/aromatic N) is 2. The van der Waals surface area contributed by atoms with Gasteiger partial charge in [0.15, 0.2) is 0 Å². The Morgan fingerprint density at radius 3 is 2.69 bits per heavy atom. The molecule has 2 aromatic heterocycles. The molecule has 84 valence electrons. The zero-order valence-corrected chi connectivity index (χ0v) is 9.18. The molecule has 0 bridgehead atoms. The highest BCUT2D eigenvalue weighted by Crippen LogP contribution is 2.20. The van der Waals surface area contributed by atoms with Crippen LogP contribution in [0.4, 0.5) is 0 Å². The molecule has 5 nitrogen and oxygen atoms in total. The molecule has 1 unspecified atom stereocenters. The zero-order chi connectivity index (χ0) is 11.4. The van der Waals surface area contributed by atoms with E-state index in [0.717, 1.165) is 11.3 Å². The van der Waals surface area contributed by atoms with Crippen molar-refractivity contribution < 1.29 is 9.15 Å². The molecule has 1 N–H and O–H groups in total. The van der Waals surface area contributed by atoms with Gasteiger partial charge in [-0.1, -0.05) is 0 Å². The van der Waals surface area contributed by atoms with Crippen molar-refractivity contribution in [3.63, 3.8) is 0 Å². The molecule has 0 amide bonds. The smallest absolute Gasteiger partial charge is 0.233 e. The van der Waals surface area contributed by atoms with Crippen molar-refractivity contribution >= 4 is 0 Å². The van der Waals surface area contributed by atoms with Crippen molar-refractivity contribution in [3.8, 4) is 5.88 Å². The Balaban J connectivity index is 2.27. The molecule has 0 aliphatic heterocycles. The third-order valence-corrected chi connectivity index (χ3v) is 2.33. The Bertz CT molecular complexity index is 425. The van der Waals surface area contributed by atoms with Gasteiger partial charge in [-0.2, -0.15) is 0 Å². The van der Waals surface area contributed by atoms with Gasteiger partial charge in [0.1, 0.15) is 0 Å². The molecular formula is C11H13N3O2. The zero-order valence-electron chi connectivity index (χ0n) is 9.18. The minimum atomic E-state index is -0.0165. The first-order valence-electron chi connectivity index (χ1n) is 4.92. The van der Waals surface area contributed by atoms with E-state index in [1.165, 1.54) is 0 Å². The molecule has 2 rings (SSSR count). The number of furan rings is 1. The fourth-order valence-electron chi connectivity index (χ4n) is 1.52. The Morgan fingerprint density at radius 1 is 1.31 bits per heavy atom. The lowest BCUT2D eigenvalue weighted by Crippen LogP contribution is -2.18. The fraction of sp³-hybridized carbons (Fsp3) is 0.273. The van der Waals surface area contributed by atoms with Crippen LogP contribution in [0.5, 0.6) is 5.88 Å². The molecule has 1 atom stereocenters.